The Morgan fingerprint density at radius 3 is 2.42 bits per heavy atom. The van der Waals surface area contributed by atoms with Gasteiger partial charge in [-0.25, -0.2) is 4.79 Å². The average molecular weight is 428 g/mol. The quantitative estimate of drug-likeness (QED) is 0.639. The Labute approximate surface area is 181 Å². The van der Waals surface area contributed by atoms with E-state index in [1.165, 1.54) is 5.56 Å². The van der Waals surface area contributed by atoms with Crippen LogP contribution in [-0.2, 0) is 15.0 Å². The molecule has 0 atom stereocenters. The summed E-state index contributed by atoms with van der Waals surface area (Å²) in [7, 11) is 0. The molecule has 0 aromatic heterocycles. The summed E-state index contributed by atoms with van der Waals surface area (Å²) in [6, 6.07) is 5.73. The highest BCUT2D eigenvalue weighted by Crippen LogP contribution is 2.44. The second-order valence-electron chi connectivity index (χ2n) is 9.33. The van der Waals surface area contributed by atoms with E-state index in [2.05, 4.69) is 28.1 Å². The van der Waals surface area contributed by atoms with Crippen LogP contribution in [0.25, 0.3) is 0 Å². The maximum absolute atomic E-state index is 13.0. The third-order valence-corrected chi connectivity index (χ3v) is 7.54. The van der Waals surface area contributed by atoms with Crippen LogP contribution in [0.2, 0.25) is 0 Å². The molecule has 1 saturated heterocycles. The molecular formula is C23H29N3O5. The molecule has 0 bridgehead atoms. The van der Waals surface area contributed by atoms with Gasteiger partial charge in [0.25, 0.3) is 5.91 Å². The number of rotatable bonds is 4. The van der Waals surface area contributed by atoms with Crippen molar-refractivity contribution in [2.24, 2.45) is 5.92 Å². The Balaban J connectivity index is 1.23. The Morgan fingerprint density at radius 2 is 1.74 bits per heavy atom. The molecule has 4 amide bonds. The fourth-order valence-corrected chi connectivity index (χ4v) is 5.65. The Kier molecular flexibility index (Phi) is 5.02. The summed E-state index contributed by atoms with van der Waals surface area (Å²) in [5.74, 6) is 1.22. The SMILES string of the molecule is O=C1NC(=O)C2(CCC(C(=O)NCC3(c4ccc5c(c4)OCCO5)CCCC3)CC2)N1. The molecule has 31 heavy (non-hydrogen) atoms. The smallest absolute Gasteiger partial charge is 0.322 e. The normalized spacial score (nSPS) is 28.8. The van der Waals surface area contributed by atoms with Gasteiger partial charge in [-0.2, -0.15) is 0 Å². The van der Waals surface area contributed by atoms with Crippen molar-refractivity contribution in [1.82, 2.24) is 16.0 Å². The summed E-state index contributed by atoms with van der Waals surface area (Å²) >= 11 is 0. The monoisotopic (exact) mass is 427 g/mol. The van der Waals surface area contributed by atoms with Gasteiger partial charge in [0.05, 0.1) is 0 Å². The lowest BCUT2D eigenvalue weighted by Gasteiger charge is -2.35. The van der Waals surface area contributed by atoms with Crippen LogP contribution in [-0.4, -0.2) is 43.1 Å². The fraction of sp³-hybridized carbons (Fsp3) is 0.609. The predicted octanol–water partition coefficient (Wildman–Crippen LogP) is 2.15. The first-order valence-corrected chi connectivity index (χ1v) is 11.3. The van der Waals surface area contributed by atoms with Crippen LogP contribution in [0.15, 0.2) is 18.2 Å². The molecule has 166 valence electrons. The van der Waals surface area contributed by atoms with Crippen molar-refractivity contribution >= 4 is 17.8 Å². The minimum Gasteiger partial charge on any atom is -0.486 e. The van der Waals surface area contributed by atoms with Crippen LogP contribution in [0.4, 0.5) is 4.79 Å². The van der Waals surface area contributed by atoms with E-state index in [9.17, 15) is 14.4 Å². The van der Waals surface area contributed by atoms with E-state index in [0.29, 0.717) is 45.4 Å². The molecule has 2 saturated carbocycles. The molecule has 4 aliphatic rings. The maximum Gasteiger partial charge on any atom is 0.322 e. The zero-order valence-corrected chi connectivity index (χ0v) is 17.6. The molecule has 2 aliphatic heterocycles. The lowest BCUT2D eigenvalue weighted by molar-refractivity contribution is -0.130. The van der Waals surface area contributed by atoms with Gasteiger partial charge in [-0.3, -0.25) is 14.9 Å². The molecule has 2 aliphatic carbocycles. The molecular weight excluding hydrogens is 398 g/mol. The summed E-state index contributed by atoms with van der Waals surface area (Å²) in [6.45, 7) is 1.73. The van der Waals surface area contributed by atoms with Gasteiger partial charge < -0.3 is 20.1 Å². The van der Waals surface area contributed by atoms with E-state index < -0.39 is 11.6 Å². The molecule has 0 unspecified atom stereocenters. The van der Waals surface area contributed by atoms with Gasteiger partial charge in [0.1, 0.15) is 18.8 Å². The average Bonchev–Trinajstić information content (AvgIpc) is 3.37. The first-order valence-electron chi connectivity index (χ1n) is 11.3. The summed E-state index contributed by atoms with van der Waals surface area (Å²) < 4.78 is 11.4. The fourth-order valence-electron chi connectivity index (χ4n) is 5.65. The highest BCUT2D eigenvalue weighted by Gasteiger charge is 2.49. The van der Waals surface area contributed by atoms with Crippen molar-refractivity contribution in [3.63, 3.8) is 0 Å². The molecule has 1 spiro atoms. The molecule has 2 heterocycles. The van der Waals surface area contributed by atoms with Crippen molar-refractivity contribution in [2.75, 3.05) is 19.8 Å². The number of ether oxygens (including phenoxy) is 2. The molecule has 3 fully saturated rings. The summed E-state index contributed by atoms with van der Waals surface area (Å²) in [5, 5.41) is 8.29. The van der Waals surface area contributed by atoms with Crippen molar-refractivity contribution in [3.8, 4) is 11.5 Å². The van der Waals surface area contributed by atoms with Crippen molar-refractivity contribution < 1.29 is 23.9 Å². The Hall–Kier alpha value is -2.77. The molecule has 8 nitrogen and oxygen atoms in total. The van der Waals surface area contributed by atoms with E-state index in [4.69, 9.17) is 9.47 Å². The van der Waals surface area contributed by atoms with Gasteiger partial charge in [-0.05, 0) is 56.2 Å². The van der Waals surface area contributed by atoms with Crippen LogP contribution in [0.5, 0.6) is 11.5 Å². The maximum atomic E-state index is 13.0. The first-order chi connectivity index (χ1) is 15.0. The summed E-state index contributed by atoms with van der Waals surface area (Å²) in [5.41, 5.74) is 0.286. The second kappa shape index (κ2) is 7.73. The lowest BCUT2D eigenvalue weighted by atomic mass is 9.75. The van der Waals surface area contributed by atoms with Crippen molar-refractivity contribution in [2.45, 2.75) is 62.3 Å². The van der Waals surface area contributed by atoms with Gasteiger partial charge in [0.2, 0.25) is 5.91 Å². The molecule has 8 heteroatoms. The first kappa shape index (κ1) is 20.2. The number of imide groups is 1. The Bertz CT molecular complexity index is 900. The second-order valence-corrected chi connectivity index (χ2v) is 9.33. The zero-order chi connectivity index (χ0) is 21.5. The van der Waals surface area contributed by atoms with E-state index in [-0.39, 0.29) is 23.1 Å². The number of carbonyl (C=O) groups is 3. The van der Waals surface area contributed by atoms with Crippen molar-refractivity contribution in [1.29, 1.82) is 0 Å². The van der Waals surface area contributed by atoms with Gasteiger partial charge >= 0.3 is 6.03 Å². The van der Waals surface area contributed by atoms with Gasteiger partial charge in [0, 0.05) is 17.9 Å². The van der Waals surface area contributed by atoms with E-state index in [1.807, 2.05) is 6.07 Å². The number of hydrogen-bond donors (Lipinski definition) is 3. The van der Waals surface area contributed by atoms with Gasteiger partial charge in [0.15, 0.2) is 11.5 Å². The zero-order valence-electron chi connectivity index (χ0n) is 17.6. The topological polar surface area (TPSA) is 106 Å². The Morgan fingerprint density at radius 1 is 1.03 bits per heavy atom. The predicted molar refractivity (Wildman–Crippen MR) is 112 cm³/mol. The van der Waals surface area contributed by atoms with Crippen molar-refractivity contribution in [3.05, 3.63) is 23.8 Å². The van der Waals surface area contributed by atoms with Crippen LogP contribution < -0.4 is 25.4 Å². The third kappa shape index (κ3) is 3.62. The number of nitrogens with one attached hydrogen (secondary N) is 3. The number of hydrogen-bond acceptors (Lipinski definition) is 5. The number of amides is 4. The minimum absolute atomic E-state index is 0.0448. The standard InChI is InChI=1S/C23H29N3O5/c27-19(15-5-9-23(10-6-15)20(28)25-21(29)26-23)24-14-22(7-1-2-8-22)16-3-4-17-18(13-16)31-12-11-30-17/h3-4,13,15H,1-2,5-12,14H2,(H,24,27)(H2,25,26,28,29). The largest absolute Gasteiger partial charge is 0.486 e. The molecule has 1 aromatic rings. The number of benzene rings is 1. The van der Waals surface area contributed by atoms with Gasteiger partial charge in [-0.1, -0.05) is 18.9 Å². The number of urea groups is 1. The minimum atomic E-state index is -0.828. The van der Waals surface area contributed by atoms with Crippen LogP contribution >= 0.6 is 0 Å². The number of fused-ring (bicyclic) bond motifs is 1. The molecule has 0 radical (unpaired) electrons. The van der Waals surface area contributed by atoms with Crippen LogP contribution in [0, 0.1) is 5.92 Å². The highest BCUT2D eigenvalue weighted by atomic mass is 16.6. The lowest BCUT2D eigenvalue weighted by Crippen LogP contribution is -2.51. The van der Waals surface area contributed by atoms with E-state index in [1.54, 1.807) is 0 Å². The molecule has 1 aromatic carbocycles. The molecule has 3 N–H and O–H groups in total. The van der Waals surface area contributed by atoms with Gasteiger partial charge in [-0.15, -0.1) is 0 Å². The summed E-state index contributed by atoms with van der Waals surface area (Å²) in [4.78, 5) is 36.6. The summed E-state index contributed by atoms with van der Waals surface area (Å²) in [6.07, 6.45) is 6.54. The third-order valence-electron chi connectivity index (χ3n) is 7.54. The van der Waals surface area contributed by atoms with Crippen LogP contribution in [0.3, 0.4) is 0 Å². The van der Waals surface area contributed by atoms with Crippen LogP contribution in [0.1, 0.15) is 56.9 Å². The highest BCUT2D eigenvalue weighted by molar-refractivity contribution is 6.07. The molecule has 5 rings (SSSR count). The van der Waals surface area contributed by atoms with E-state index >= 15 is 0 Å². The number of carbonyl (C=O) groups excluding carboxylic acids is 3. The van der Waals surface area contributed by atoms with E-state index in [0.717, 1.165) is 37.2 Å².